The van der Waals surface area contributed by atoms with Gasteiger partial charge >= 0.3 is 0 Å². The summed E-state index contributed by atoms with van der Waals surface area (Å²) in [6, 6.07) is 1.83. The van der Waals surface area contributed by atoms with Gasteiger partial charge in [0.05, 0.1) is 18.2 Å². The number of nitrogens with one attached hydrogen (secondary N) is 1. The lowest BCUT2D eigenvalue weighted by Crippen LogP contribution is -2.38. The smallest absolute Gasteiger partial charge is 0.278 e. The van der Waals surface area contributed by atoms with Crippen molar-refractivity contribution in [3.63, 3.8) is 0 Å². The van der Waals surface area contributed by atoms with Crippen molar-refractivity contribution in [2.45, 2.75) is 0 Å². The number of carbonyl (C=O) groups excluding carboxylic acids is 1. The van der Waals surface area contributed by atoms with E-state index < -0.39 is 0 Å². The van der Waals surface area contributed by atoms with Gasteiger partial charge in [-0.1, -0.05) is 23.4 Å². The molecular weight excluding hydrogens is 386 g/mol. The molecule has 27 heavy (non-hydrogen) atoms. The number of nitrogens with zero attached hydrogens (tertiary/aromatic N) is 4. The van der Waals surface area contributed by atoms with Crippen molar-refractivity contribution in [2.75, 3.05) is 45.6 Å². The number of aromatic nitrogens is 2. The molecule has 0 aliphatic carbocycles. The number of rotatable bonds is 4. The van der Waals surface area contributed by atoms with E-state index in [0.717, 1.165) is 60.4 Å². The van der Waals surface area contributed by atoms with Gasteiger partial charge in [0.2, 0.25) is 0 Å². The predicted molar refractivity (Wildman–Crippen MR) is 109 cm³/mol. The zero-order valence-electron chi connectivity index (χ0n) is 14.9. The Balaban J connectivity index is 1.48. The third kappa shape index (κ3) is 4.03. The van der Waals surface area contributed by atoms with E-state index in [1.165, 1.54) is 0 Å². The molecule has 0 aromatic carbocycles. The zero-order chi connectivity index (χ0) is 18.8. The molecule has 1 N–H and O–H groups in total. The molecule has 1 amide bonds. The number of aromatic amines is 1. The molecule has 4 heterocycles. The Morgan fingerprint density at radius 3 is 3.04 bits per heavy atom. The van der Waals surface area contributed by atoms with E-state index in [-0.39, 0.29) is 5.91 Å². The van der Waals surface area contributed by atoms with Crippen molar-refractivity contribution in [3.05, 3.63) is 34.7 Å². The number of likely N-dealkylation sites (N-methyl/N-ethyl adjacent to an activating group) is 1. The molecule has 2 aliphatic heterocycles. The largest absolute Gasteiger partial charge is 0.379 e. The molecule has 0 unspecified atom stereocenters. The van der Waals surface area contributed by atoms with Crippen LogP contribution in [0.25, 0.3) is 17.1 Å². The van der Waals surface area contributed by atoms with Crippen LogP contribution in [0.15, 0.2) is 29.1 Å². The SMILES string of the molecule is CN1C(=O)/C(=C/c2c[nH]c3ncc(Cl)cc23)N=C1SCCN1CCOCC1. The predicted octanol–water partition coefficient (Wildman–Crippen LogP) is 2.45. The lowest BCUT2D eigenvalue weighted by molar-refractivity contribution is -0.121. The Morgan fingerprint density at radius 1 is 1.41 bits per heavy atom. The zero-order valence-corrected chi connectivity index (χ0v) is 16.5. The van der Waals surface area contributed by atoms with Gasteiger partial charge in [0, 0.05) is 55.8 Å². The summed E-state index contributed by atoms with van der Waals surface area (Å²) in [7, 11) is 1.76. The molecule has 2 aromatic rings. The molecule has 0 bridgehead atoms. The summed E-state index contributed by atoms with van der Waals surface area (Å²) >= 11 is 7.65. The summed E-state index contributed by atoms with van der Waals surface area (Å²) in [5.41, 5.74) is 2.00. The van der Waals surface area contributed by atoms with E-state index in [1.807, 2.05) is 12.3 Å². The van der Waals surface area contributed by atoms with E-state index in [1.54, 1.807) is 36.0 Å². The fourth-order valence-electron chi connectivity index (χ4n) is 3.06. The maximum atomic E-state index is 12.6. The first-order valence-electron chi connectivity index (χ1n) is 8.76. The third-order valence-electron chi connectivity index (χ3n) is 4.59. The summed E-state index contributed by atoms with van der Waals surface area (Å²) < 4.78 is 5.36. The van der Waals surface area contributed by atoms with Gasteiger partial charge in [0.25, 0.3) is 5.91 Å². The molecule has 1 fully saturated rings. The van der Waals surface area contributed by atoms with E-state index >= 15 is 0 Å². The van der Waals surface area contributed by atoms with Crippen LogP contribution in [0.4, 0.5) is 0 Å². The number of hydrogen-bond acceptors (Lipinski definition) is 6. The molecule has 0 atom stereocenters. The second-order valence-corrected chi connectivity index (χ2v) is 7.88. The number of H-pyrrole nitrogens is 1. The maximum Gasteiger partial charge on any atom is 0.278 e. The van der Waals surface area contributed by atoms with E-state index in [4.69, 9.17) is 16.3 Å². The fourth-order valence-corrected chi connectivity index (χ4v) is 4.19. The van der Waals surface area contributed by atoms with Crippen LogP contribution >= 0.6 is 23.4 Å². The van der Waals surface area contributed by atoms with E-state index in [9.17, 15) is 4.79 Å². The van der Waals surface area contributed by atoms with Gasteiger partial charge in [-0.2, -0.15) is 0 Å². The van der Waals surface area contributed by atoms with Gasteiger partial charge in [-0.05, 0) is 12.1 Å². The first kappa shape index (κ1) is 18.5. The number of carbonyl (C=O) groups is 1. The van der Waals surface area contributed by atoms with Gasteiger partial charge in [-0.15, -0.1) is 0 Å². The third-order valence-corrected chi connectivity index (χ3v) is 5.81. The van der Waals surface area contributed by atoms with Crippen molar-refractivity contribution in [1.29, 1.82) is 0 Å². The normalized spacial score (nSPS) is 20.1. The first-order chi connectivity index (χ1) is 13.1. The van der Waals surface area contributed by atoms with Crippen LogP contribution in [-0.4, -0.2) is 76.5 Å². The fraction of sp³-hybridized carbons (Fsp3) is 0.389. The topological polar surface area (TPSA) is 73.8 Å². The highest BCUT2D eigenvalue weighted by molar-refractivity contribution is 8.13. The summed E-state index contributed by atoms with van der Waals surface area (Å²) in [5, 5.41) is 2.16. The summed E-state index contributed by atoms with van der Waals surface area (Å²) in [5.74, 6) is 0.782. The molecule has 7 nitrogen and oxygen atoms in total. The second-order valence-electron chi connectivity index (χ2n) is 6.38. The Labute approximate surface area is 166 Å². The van der Waals surface area contributed by atoms with Crippen LogP contribution < -0.4 is 0 Å². The second kappa shape index (κ2) is 8.02. The molecule has 2 aromatic heterocycles. The number of amides is 1. The number of halogens is 1. The van der Waals surface area contributed by atoms with Gasteiger partial charge in [0.1, 0.15) is 11.3 Å². The standard InChI is InChI=1S/C18H20ClN5O2S/c1-23-17(25)15(8-12-10-20-16-14(12)9-13(19)11-21-16)22-18(23)27-7-4-24-2-5-26-6-3-24/h8-11H,2-7H2,1H3,(H,20,21)/b15-8-. The molecule has 4 rings (SSSR count). The van der Waals surface area contributed by atoms with Crippen LogP contribution in [0.3, 0.4) is 0 Å². The lowest BCUT2D eigenvalue weighted by atomic mass is 10.2. The van der Waals surface area contributed by atoms with Crippen LogP contribution in [-0.2, 0) is 9.53 Å². The van der Waals surface area contributed by atoms with E-state index in [2.05, 4.69) is 19.9 Å². The number of morpholine rings is 1. The van der Waals surface area contributed by atoms with Crippen molar-refractivity contribution in [1.82, 2.24) is 19.8 Å². The van der Waals surface area contributed by atoms with Crippen LogP contribution in [0.1, 0.15) is 5.56 Å². The highest BCUT2D eigenvalue weighted by Gasteiger charge is 2.27. The minimum absolute atomic E-state index is 0.104. The number of ether oxygens (including phenoxy) is 1. The van der Waals surface area contributed by atoms with Crippen molar-refractivity contribution < 1.29 is 9.53 Å². The maximum absolute atomic E-state index is 12.6. The minimum Gasteiger partial charge on any atom is -0.379 e. The number of pyridine rings is 1. The Hall–Kier alpha value is -1.87. The molecule has 142 valence electrons. The minimum atomic E-state index is -0.104. The molecule has 0 spiro atoms. The number of thioether (sulfide) groups is 1. The number of amidine groups is 1. The molecular formula is C18H20ClN5O2S. The van der Waals surface area contributed by atoms with Crippen LogP contribution in [0.5, 0.6) is 0 Å². The molecule has 9 heteroatoms. The number of aliphatic imine (C=N–C) groups is 1. The van der Waals surface area contributed by atoms with Crippen molar-refractivity contribution in [3.8, 4) is 0 Å². The first-order valence-corrected chi connectivity index (χ1v) is 10.1. The monoisotopic (exact) mass is 405 g/mol. The molecule has 1 saturated heterocycles. The lowest BCUT2D eigenvalue weighted by Gasteiger charge is -2.26. The number of fused-ring (bicyclic) bond motifs is 1. The van der Waals surface area contributed by atoms with Gasteiger partial charge in [0.15, 0.2) is 5.17 Å². The summed E-state index contributed by atoms with van der Waals surface area (Å²) in [6.45, 7) is 4.47. The molecule has 0 radical (unpaired) electrons. The quantitative estimate of drug-likeness (QED) is 0.791. The Morgan fingerprint density at radius 2 is 2.22 bits per heavy atom. The number of hydrogen-bond donors (Lipinski definition) is 1. The van der Waals surface area contributed by atoms with Gasteiger partial charge in [-0.3, -0.25) is 14.6 Å². The Bertz CT molecular complexity index is 920. The van der Waals surface area contributed by atoms with Crippen molar-refractivity contribution in [2.24, 2.45) is 4.99 Å². The molecule has 2 aliphatic rings. The van der Waals surface area contributed by atoms with Gasteiger partial charge < -0.3 is 9.72 Å². The van der Waals surface area contributed by atoms with Crippen LogP contribution in [0.2, 0.25) is 5.02 Å². The Kier molecular flexibility index (Phi) is 5.49. The molecule has 0 saturated carbocycles. The highest BCUT2D eigenvalue weighted by Crippen LogP contribution is 2.26. The van der Waals surface area contributed by atoms with Crippen LogP contribution in [0, 0.1) is 0 Å². The van der Waals surface area contributed by atoms with Crippen molar-refractivity contribution >= 4 is 51.5 Å². The summed E-state index contributed by atoms with van der Waals surface area (Å²) in [6.07, 6.45) is 5.19. The summed E-state index contributed by atoms with van der Waals surface area (Å²) in [4.78, 5) is 28.4. The average Bonchev–Trinajstić information content (AvgIpc) is 3.19. The van der Waals surface area contributed by atoms with Gasteiger partial charge in [-0.25, -0.2) is 9.98 Å². The van der Waals surface area contributed by atoms with E-state index in [0.29, 0.717) is 10.7 Å². The highest BCUT2D eigenvalue weighted by atomic mass is 35.5. The average molecular weight is 406 g/mol.